The van der Waals surface area contributed by atoms with Gasteiger partial charge >= 0.3 is 0 Å². The maximum Gasteiger partial charge on any atom is 0.191 e. The largest absolute Gasteiger partial charge is 0.370 e. The van der Waals surface area contributed by atoms with E-state index in [1.54, 1.807) is 17.2 Å². The minimum absolute atomic E-state index is 0. The Morgan fingerprint density at radius 3 is 2.67 bits per heavy atom. The lowest BCUT2D eigenvalue weighted by Gasteiger charge is -2.09. The highest BCUT2D eigenvalue weighted by Gasteiger charge is 1.96. The molecule has 0 aliphatic rings. The van der Waals surface area contributed by atoms with Crippen molar-refractivity contribution in [2.45, 2.75) is 6.54 Å². The van der Waals surface area contributed by atoms with Gasteiger partial charge in [0.2, 0.25) is 0 Å². The minimum atomic E-state index is 0. The van der Waals surface area contributed by atoms with Gasteiger partial charge in [0.15, 0.2) is 5.96 Å². The predicted octanol–water partition coefficient (Wildman–Crippen LogP) is 1.73. The van der Waals surface area contributed by atoms with Crippen molar-refractivity contribution in [2.24, 2.45) is 10.7 Å². The summed E-state index contributed by atoms with van der Waals surface area (Å²) in [6.45, 7) is 0.473. The van der Waals surface area contributed by atoms with Crippen LogP contribution in [0.1, 0.15) is 5.69 Å². The number of nitrogens with zero attached hydrogens (tertiary/aromatic N) is 3. The van der Waals surface area contributed by atoms with E-state index in [1.165, 1.54) is 0 Å². The molecule has 1 aromatic heterocycles. The van der Waals surface area contributed by atoms with Gasteiger partial charge in [-0.2, -0.15) is 0 Å². The third-order valence-corrected chi connectivity index (χ3v) is 1.87. The summed E-state index contributed by atoms with van der Waals surface area (Å²) in [6, 6.07) is 3.61. The van der Waals surface area contributed by atoms with Gasteiger partial charge in [0.05, 0.1) is 17.3 Å². The molecular formula is C9H14ClIN4. The van der Waals surface area contributed by atoms with Gasteiger partial charge in [0, 0.05) is 20.3 Å². The number of hydrogen-bond acceptors (Lipinski definition) is 2. The van der Waals surface area contributed by atoms with Gasteiger partial charge in [0.25, 0.3) is 0 Å². The van der Waals surface area contributed by atoms with Gasteiger partial charge in [-0.3, -0.25) is 4.98 Å². The van der Waals surface area contributed by atoms with E-state index in [0.717, 1.165) is 5.69 Å². The molecule has 0 amide bonds. The van der Waals surface area contributed by atoms with Crippen molar-refractivity contribution in [3.05, 3.63) is 29.0 Å². The summed E-state index contributed by atoms with van der Waals surface area (Å²) < 4.78 is 0. The summed E-state index contributed by atoms with van der Waals surface area (Å²) in [5.74, 6) is 0.488. The van der Waals surface area contributed by atoms with E-state index in [4.69, 9.17) is 17.3 Å². The number of pyridine rings is 1. The molecule has 0 radical (unpaired) electrons. The molecular weight excluding hydrogens is 326 g/mol. The molecule has 84 valence electrons. The molecule has 0 spiro atoms. The highest BCUT2D eigenvalue weighted by atomic mass is 127. The normalized spacial score (nSPS) is 10.7. The van der Waals surface area contributed by atoms with Crippen molar-refractivity contribution in [3.63, 3.8) is 0 Å². The summed E-state index contributed by atoms with van der Waals surface area (Å²) in [4.78, 5) is 9.98. The Hall–Kier alpha value is -0.560. The zero-order valence-corrected chi connectivity index (χ0v) is 11.7. The van der Waals surface area contributed by atoms with Crippen LogP contribution in [0.3, 0.4) is 0 Å². The highest BCUT2D eigenvalue weighted by molar-refractivity contribution is 14.0. The molecule has 0 aromatic carbocycles. The average molecular weight is 341 g/mol. The Balaban J connectivity index is 0.00000196. The maximum atomic E-state index is 5.69. The predicted molar refractivity (Wildman–Crippen MR) is 73.7 cm³/mol. The van der Waals surface area contributed by atoms with E-state index in [-0.39, 0.29) is 24.0 Å². The number of guanidine groups is 1. The molecule has 0 fully saturated rings. The van der Waals surface area contributed by atoms with Crippen LogP contribution in [0.15, 0.2) is 23.3 Å². The van der Waals surface area contributed by atoms with E-state index in [0.29, 0.717) is 17.5 Å². The Kier molecular flexibility index (Phi) is 6.58. The zero-order chi connectivity index (χ0) is 10.6. The molecule has 0 saturated carbocycles. The first-order valence-corrected chi connectivity index (χ1v) is 4.55. The summed E-state index contributed by atoms with van der Waals surface area (Å²) in [6.07, 6.45) is 1.60. The van der Waals surface area contributed by atoms with Crippen LogP contribution in [0, 0.1) is 0 Å². The lowest BCUT2D eigenvalue weighted by Crippen LogP contribution is -2.30. The van der Waals surface area contributed by atoms with Crippen LogP contribution >= 0.6 is 35.6 Å². The summed E-state index contributed by atoms with van der Waals surface area (Å²) >= 11 is 5.69. The minimum Gasteiger partial charge on any atom is -0.370 e. The number of nitrogens with two attached hydrogens (primary N) is 1. The SMILES string of the molecule is CN(C)C(N)=NCc1ccc(Cl)cn1.I. The second-order valence-corrected chi connectivity index (χ2v) is 3.47. The number of aliphatic imine (C=N–C) groups is 1. The van der Waals surface area contributed by atoms with Crippen molar-refractivity contribution in [1.82, 2.24) is 9.88 Å². The number of rotatable bonds is 2. The lowest BCUT2D eigenvalue weighted by molar-refractivity contribution is 0.608. The van der Waals surface area contributed by atoms with Gasteiger partial charge < -0.3 is 10.6 Å². The summed E-state index contributed by atoms with van der Waals surface area (Å²) in [5.41, 5.74) is 6.46. The fourth-order valence-electron chi connectivity index (χ4n) is 0.803. The molecule has 1 heterocycles. The molecule has 0 atom stereocenters. The summed E-state index contributed by atoms with van der Waals surface area (Å²) in [7, 11) is 3.68. The third-order valence-electron chi connectivity index (χ3n) is 1.65. The van der Waals surface area contributed by atoms with E-state index in [1.807, 2.05) is 20.2 Å². The Morgan fingerprint density at radius 1 is 1.53 bits per heavy atom. The second kappa shape index (κ2) is 6.84. The number of hydrogen-bond donors (Lipinski definition) is 1. The maximum absolute atomic E-state index is 5.69. The van der Waals surface area contributed by atoms with E-state index >= 15 is 0 Å². The fourth-order valence-corrected chi connectivity index (χ4v) is 0.915. The molecule has 15 heavy (non-hydrogen) atoms. The van der Waals surface area contributed by atoms with Crippen LogP contribution in [-0.2, 0) is 6.54 Å². The topological polar surface area (TPSA) is 54.5 Å². The lowest BCUT2D eigenvalue weighted by atomic mass is 10.3. The van der Waals surface area contributed by atoms with Gasteiger partial charge in [-0.1, -0.05) is 11.6 Å². The standard InChI is InChI=1S/C9H13ClN4.HI/c1-14(2)9(11)13-6-8-4-3-7(10)5-12-8;/h3-5H,6H2,1-2H3,(H2,11,13);1H. The molecule has 0 unspecified atom stereocenters. The number of halogens is 2. The fraction of sp³-hybridized carbons (Fsp3) is 0.333. The molecule has 1 rings (SSSR count). The van der Waals surface area contributed by atoms with Crippen molar-refractivity contribution >= 4 is 41.5 Å². The van der Waals surface area contributed by atoms with Crippen molar-refractivity contribution in [3.8, 4) is 0 Å². The molecule has 2 N–H and O–H groups in total. The van der Waals surface area contributed by atoms with Gasteiger partial charge in [-0.15, -0.1) is 24.0 Å². The van der Waals surface area contributed by atoms with Crippen LogP contribution < -0.4 is 5.73 Å². The van der Waals surface area contributed by atoms with Gasteiger partial charge in [0.1, 0.15) is 0 Å². The van der Waals surface area contributed by atoms with E-state index in [2.05, 4.69) is 9.98 Å². The molecule has 0 aliphatic heterocycles. The smallest absolute Gasteiger partial charge is 0.191 e. The molecule has 0 aliphatic carbocycles. The first kappa shape index (κ1) is 14.4. The van der Waals surface area contributed by atoms with Crippen LogP contribution in [0.25, 0.3) is 0 Å². The van der Waals surface area contributed by atoms with Crippen LogP contribution in [0.4, 0.5) is 0 Å². The van der Waals surface area contributed by atoms with Crippen LogP contribution in [-0.4, -0.2) is 29.9 Å². The van der Waals surface area contributed by atoms with Crippen molar-refractivity contribution in [1.29, 1.82) is 0 Å². The quantitative estimate of drug-likeness (QED) is 0.507. The van der Waals surface area contributed by atoms with Crippen molar-refractivity contribution in [2.75, 3.05) is 14.1 Å². The molecule has 6 heteroatoms. The molecule has 1 aromatic rings. The zero-order valence-electron chi connectivity index (χ0n) is 8.64. The van der Waals surface area contributed by atoms with E-state index < -0.39 is 0 Å². The highest BCUT2D eigenvalue weighted by Crippen LogP contribution is 2.06. The number of aromatic nitrogens is 1. The first-order chi connectivity index (χ1) is 6.59. The molecule has 0 bridgehead atoms. The van der Waals surface area contributed by atoms with Crippen molar-refractivity contribution < 1.29 is 0 Å². The average Bonchev–Trinajstić information content (AvgIpc) is 2.16. The van der Waals surface area contributed by atoms with Gasteiger partial charge in [-0.05, 0) is 12.1 Å². The third kappa shape index (κ3) is 5.17. The monoisotopic (exact) mass is 340 g/mol. The summed E-state index contributed by atoms with van der Waals surface area (Å²) in [5, 5.41) is 0.623. The molecule has 0 saturated heterocycles. The Labute approximate surface area is 112 Å². The van der Waals surface area contributed by atoms with Crippen LogP contribution in [0.2, 0.25) is 5.02 Å². The van der Waals surface area contributed by atoms with Gasteiger partial charge in [-0.25, -0.2) is 4.99 Å². The van der Waals surface area contributed by atoms with E-state index in [9.17, 15) is 0 Å². The van der Waals surface area contributed by atoms with Crippen LogP contribution in [0.5, 0.6) is 0 Å². The Morgan fingerprint density at radius 2 is 2.20 bits per heavy atom. The Bertz CT molecular complexity index is 323. The second-order valence-electron chi connectivity index (χ2n) is 3.04. The first-order valence-electron chi connectivity index (χ1n) is 4.17. The molecule has 4 nitrogen and oxygen atoms in total.